The first-order valence-corrected chi connectivity index (χ1v) is 7.12. The van der Waals surface area contributed by atoms with Crippen molar-refractivity contribution < 1.29 is 9.21 Å². The molecule has 2 aromatic rings. The van der Waals surface area contributed by atoms with Gasteiger partial charge < -0.3 is 14.6 Å². The van der Waals surface area contributed by atoms with E-state index in [1.807, 2.05) is 20.0 Å². The summed E-state index contributed by atoms with van der Waals surface area (Å²) >= 11 is 6.00. The molecule has 0 saturated carbocycles. The molecule has 1 aliphatic rings. The first-order valence-electron chi connectivity index (χ1n) is 6.74. The van der Waals surface area contributed by atoms with E-state index in [1.165, 1.54) is 0 Å². The molecule has 0 spiro atoms. The monoisotopic (exact) mass is 328 g/mol. The minimum atomic E-state index is -0.0662. The van der Waals surface area contributed by atoms with Crippen LogP contribution in [-0.4, -0.2) is 37.0 Å². The molecule has 1 N–H and O–H groups in total. The topological polar surface area (TPSA) is 45.5 Å². The summed E-state index contributed by atoms with van der Waals surface area (Å²) in [5, 5.41) is 4.81. The molecule has 1 aromatic carbocycles. The van der Waals surface area contributed by atoms with Gasteiger partial charge in [-0.3, -0.25) is 4.79 Å². The number of hydrogen-bond donors (Lipinski definition) is 1. The Hall–Kier alpha value is -1.23. The number of rotatable bonds is 2. The normalized spacial score (nSPS) is 17.8. The lowest BCUT2D eigenvalue weighted by atomic mass is 10.1. The summed E-state index contributed by atoms with van der Waals surface area (Å²) in [5.74, 6) is 0.347. The number of benzene rings is 1. The Morgan fingerprint density at radius 1 is 1.48 bits per heavy atom. The van der Waals surface area contributed by atoms with Crippen LogP contribution < -0.4 is 5.32 Å². The van der Waals surface area contributed by atoms with E-state index in [0.29, 0.717) is 16.4 Å². The van der Waals surface area contributed by atoms with Crippen LogP contribution >= 0.6 is 24.0 Å². The fraction of sp³-hybridized carbons (Fsp3) is 0.400. The molecular weight excluding hydrogens is 311 g/mol. The quantitative estimate of drug-likeness (QED) is 0.920. The van der Waals surface area contributed by atoms with Gasteiger partial charge in [-0.05, 0) is 38.1 Å². The van der Waals surface area contributed by atoms with Crippen LogP contribution in [0.25, 0.3) is 11.0 Å². The van der Waals surface area contributed by atoms with Crippen molar-refractivity contribution in [2.75, 3.05) is 20.1 Å². The standard InChI is InChI=1S/C15H17ClN2O2.ClH/c1-9-12-7-10(16)3-4-13(12)20-14(9)15(19)18(2)11-5-6-17-8-11;/h3-4,7,11,17H,5-6,8H2,1-2H3;1H. The lowest BCUT2D eigenvalue weighted by Crippen LogP contribution is -2.38. The number of hydrogen-bond acceptors (Lipinski definition) is 3. The second-order valence-electron chi connectivity index (χ2n) is 5.26. The third kappa shape index (κ3) is 2.89. The molecule has 1 saturated heterocycles. The number of nitrogens with one attached hydrogen (secondary N) is 1. The van der Waals surface area contributed by atoms with Crippen LogP contribution in [0.2, 0.25) is 5.02 Å². The van der Waals surface area contributed by atoms with E-state index in [4.69, 9.17) is 16.0 Å². The van der Waals surface area contributed by atoms with Crippen LogP contribution in [0.15, 0.2) is 22.6 Å². The van der Waals surface area contributed by atoms with Gasteiger partial charge in [0.25, 0.3) is 5.91 Å². The maximum atomic E-state index is 12.6. The van der Waals surface area contributed by atoms with Gasteiger partial charge in [-0.25, -0.2) is 0 Å². The van der Waals surface area contributed by atoms with E-state index >= 15 is 0 Å². The van der Waals surface area contributed by atoms with Crippen LogP contribution in [0.3, 0.4) is 0 Å². The van der Waals surface area contributed by atoms with Gasteiger partial charge >= 0.3 is 0 Å². The van der Waals surface area contributed by atoms with Crippen LogP contribution in [0.5, 0.6) is 0 Å². The number of fused-ring (bicyclic) bond motifs is 1. The summed E-state index contributed by atoms with van der Waals surface area (Å²) < 4.78 is 5.73. The predicted octanol–water partition coefficient (Wildman–Crippen LogP) is 3.25. The molecule has 1 fully saturated rings. The summed E-state index contributed by atoms with van der Waals surface area (Å²) in [5.41, 5.74) is 1.55. The molecule has 0 bridgehead atoms. The van der Waals surface area contributed by atoms with E-state index in [1.54, 1.807) is 17.0 Å². The van der Waals surface area contributed by atoms with Crippen molar-refractivity contribution in [3.05, 3.63) is 34.5 Å². The lowest BCUT2D eigenvalue weighted by Gasteiger charge is -2.22. The highest BCUT2D eigenvalue weighted by atomic mass is 35.5. The second-order valence-corrected chi connectivity index (χ2v) is 5.70. The van der Waals surface area contributed by atoms with E-state index in [0.717, 1.165) is 30.5 Å². The maximum Gasteiger partial charge on any atom is 0.289 e. The minimum absolute atomic E-state index is 0. The molecule has 1 atom stereocenters. The molecule has 3 rings (SSSR count). The number of likely N-dealkylation sites (N-methyl/N-ethyl adjacent to an activating group) is 1. The fourth-order valence-electron chi connectivity index (χ4n) is 2.69. The van der Waals surface area contributed by atoms with Crippen molar-refractivity contribution >= 4 is 40.9 Å². The number of nitrogens with zero attached hydrogens (tertiary/aromatic N) is 1. The highest BCUT2D eigenvalue weighted by Gasteiger charge is 2.27. The van der Waals surface area contributed by atoms with Gasteiger partial charge in [0, 0.05) is 35.6 Å². The fourth-order valence-corrected chi connectivity index (χ4v) is 2.87. The van der Waals surface area contributed by atoms with Gasteiger partial charge in [-0.15, -0.1) is 12.4 Å². The third-order valence-corrected chi connectivity index (χ3v) is 4.23. The number of halogens is 2. The largest absolute Gasteiger partial charge is 0.451 e. The summed E-state index contributed by atoms with van der Waals surface area (Å²) in [6.07, 6.45) is 0.980. The third-order valence-electron chi connectivity index (χ3n) is 3.99. The van der Waals surface area contributed by atoms with Gasteiger partial charge in [0.1, 0.15) is 5.58 Å². The van der Waals surface area contributed by atoms with Gasteiger partial charge in [0.2, 0.25) is 0 Å². The molecule has 4 nitrogen and oxygen atoms in total. The Bertz CT molecular complexity index is 663. The summed E-state index contributed by atoms with van der Waals surface area (Å²) in [7, 11) is 1.83. The van der Waals surface area contributed by atoms with Crippen LogP contribution in [0.1, 0.15) is 22.5 Å². The average Bonchev–Trinajstić information content (AvgIpc) is 3.06. The molecule has 1 unspecified atom stereocenters. The van der Waals surface area contributed by atoms with Crippen molar-refractivity contribution in [1.29, 1.82) is 0 Å². The smallest absolute Gasteiger partial charge is 0.289 e. The van der Waals surface area contributed by atoms with Crippen LogP contribution in [0, 0.1) is 6.92 Å². The van der Waals surface area contributed by atoms with Crippen molar-refractivity contribution in [3.8, 4) is 0 Å². The highest BCUT2D eigenvalue weighted by molar-refractivity contribution is 6.31. The number of aryl methyl sites for hydroxylation is 1. The second kappa shape index (κ2) is 6.26. The molecular formula is C15H18Cl2N2O2. The predicted molar refractivity (Wildman–Crippen MR) is 86.6 cm³/mol. The van der Waals surface area contributed by atoms with Crippen LogP contribution in [0.4, 0.5) is 0 Å². The van der Waals surface area contributed by atoms with E-state index in [-0.39, 0.29) is 24.4 Å². The Morgan fingerprint density at radius 2 is 2.24 bits per heavy atom. The van der Waals surface area contributed by atoms with Gasteiger partial charge in [0.05, 0.1) is 0 Å². The molecule has 1 amide bonds. The zero-order chi connectivity index (χ0) is 14.3. The molecule has 0 aliphatic carbocycles. The van der Waals surface area contributed by atoms with E-state index < -0.39 is 0 Å². The molecule has 1 aromatic heterocycles. The number of carbonyl (C=O) groups is 1. The van der Waals surface area contributed by atoms with Gasteiger partial charge in [-0.1, -0.05) is 11.6 Å². The van der Waals surface area contributed by atoms with Crippen molar-refractivity contribution in [2.24, 2.45) is 0 Å². The summed E-state index contributed by atoms with van der Waals surface area (Å²) in [6.45, 7) is 3.69. The first kappa shape index (κ1) is 16.1. The minimum Gasteiger partial charge on any atom is -0.451 e. The highest BCUT2D eigenvalue weighted by Crippen LogP contribution is 2.29. The molecule has 114 valence electrons. The van der Waals surface area contributed by atoms with Crippen molar-refractivity contribution in [1.82, 2.24) is 10.2 Å². The average molecular weight is 329 g/mol. The van der Waals surface area contributed by atoms with Crippen molar-refractivity contribution in [3.63, 3.8) is 0 Å². The summed E-state index contributed by atoms with van der Waals surface area (Å²) in [4.78, 5) is 14.3. The summed E-state index contributed by atoms with van der Waals surface area (Å²) in [6, 6.07) is 5.65. The van der Waals surface area contributed by atoms with E-state index in [9.17, 15) is 4.79 Å². The Kier molecular flexibility index (Phi) is 4.81. The molecule has 6 heteroatoms. The molecule has 2 heterocycles. The molecule has 21 heavy (non-hydrogen) atoms. The first-order chi connectivity index (χ1) is 9.58. The number of carbonyl (C=O) groups excluding carboxylic acids is 1. The Balaban J connectivity index is 0.00000161. The molecule has 1 aliphatic heterocycles. The number of furan rings is 1. The maximum absolute atomic E-state index is 12.6. The Morgan fingerprint density at radius 3 is 2.90 bits per heavy atom. The Labute approximate surface area is 134 Å². The van der Waals surface area contributed by atoms with Gasteiger partial charge in [-0.2, -0.15) is 0 Å². The SMILES string of the molecule is Cc1c(C(=O)N(C)C2CCNC2)oc2ccc(Cl)cc12.Cl. The van der Waals surface area contributed by atoms with Crippen molar-refractivity contribution in [2.45, 2.75) is 19.4 Å². The zero-order valence-electron chi connectivity index (χ0n) is 12.0. The number of amides is 1. The zero-order valence-corrected chi connectivity index (χ0v) is 13.6. The lowest BCUT2D eigenvalue weighted by molar-refractivity contribution is 0.0713. The van der Waals surface area contributed by atoms with E-state index in [2.05, 4.69) is 5.32 Å². The van der Waals surface area contributed by atoms with Crippen LogP contribution in [-0.2, 0) is 0 Å². The molecule has 0 radical (unpaired) electrons. The van der Waals surface area contributed by atoms with Gasteiger partial charge in [0.15, 0.2) is 5.76 Å².